The number of aromatic nitrogens is 4. The molecule has 3 fully saturated rings. The quantitative estimate of drug-likeness (QED) is 0.245. The minimum absolute atomic E-state index is 0.0681. The van der Waals surface area contributed by atoms with Gasteiger partial charge in [-0.15, -0.1) is 5.10 Å². The summed E-state index contributed by atoms with van der Waals surface area (Å²) in [4.78, 5) is 14.4. The lowest BCUT2D eigenvalue weighted by Crippen LogP contribution is -2.65. The minimum atomic E-state index is -5.02. The molecule has 3 aromatic carbocycles. The van der Waals surface area contributed by atoms with E-state index in [4.69, 9.17) is 4.74 Å². The first-order chi connectivity index (χ1) is 21.4. The van der Waals surface area contributed by atoms with Crippen molar-refractivity contribution in [3.63, 3.8) is 0 Å². The molecule has 1 unspecified atom stereocenters. The SMILES string of the molecule is O=C(O)[C@H]1CN2CC[C@@H]1[C@H](OCc1cc(-n3nnnc3C(F)(F)F)cc(C(F)(F)F)c1)[C@@H]2C(c1ccccc1)c1ccccc1. The Morgan fingerprint density at radius 3 is 2.16 bits per heavy atom. The molecule has 45 heavy (non-hydrogen) atoms. The van der Waals surface area contributed by atoms with Gasteiger partial charge in [-0.25, -0.2) is 0 Å². The van der Waals surface area contributed by atoms with E-state index in [-0.39, 0.29) is 28.7 Å². The Balaban J connectivity index is 1.40. The highest BCUT2D eigenvalue weighted by Gasteiger charge is 2.53. The summed E-state index contributed by atoms with van der Waals surface area (Å²) in [5.74, 6) is -4.05. The summed E-state index contributed by atoms with van der Waals surface area (Å²) in [5.41, 5.74) is 0.105. The smallest absolute Gasteiger partial charge is 0.453 e. The van der Waals surface area contributed by atoms with Crippen LogP contribution in [0.3, 0.4) is 0 Å². The summed E-state index contributed by atoms with van der Waals surface area (Å²) >= 11 is 0. The molecule has 3 aliphatic heterocycles. The Bertz CT molecular complexity index is 1610. The lowest BCUT2D eigenvalue weighted by Gasteiger charge is -2.55. The first-order valence-electron chi connectivity index (χ1n) is 14.2. The molecule has 1 N–H and O–H groups in total. The van der Waals surface area contributed by atoms with E-state index in [0.29, 0.717) is 19.0 Å². The van der Waals surface area contributed by atoms with E-state index in [9.17, 15) is 36.2 Å². The molecule has 236 valence electrons. The summed E-state index contributed by atoms with van der Waals surface area (Å²) in [6.07, 6.45) is -10.1. The van der Waals surface area contributed by atoms with Crippen LogP contribution in [0.15, 0.2) is 78.9 Å². The average Bonchev–Trinajstić information content (AvgIpc) is 3.53. The van der Waals surface area contributed by atoms with Crippen molar-refractivity contribution in [2.24, 2.45) is 11.8 Å². The normalized spacial score (nSPS) is 23.4. The topological polar surface area (TPSA) is 93.4 Å². The molecule has 0 saturated carbocycles. The van der Waals surface area contributed by atoms with Crippen LogP contribution in [0.4, 0.5) is 26.3 Å². The maximum Gasteiger partial charge on any atom is 0.453 e. The van der Waals surface area contributed by atoms with E-state index in [0.717, 1.165) is 23.3 Å². The van der Waals surface area contributed by atoms with Gasteiger partial charge in [-0.05, 0) is 58.3 Å². The van der Waals surface area contributed by atoms with Crippen molar-refractivity contribution in [1.82, 2.24) is 25.1 Å². The zero-order valence-corrected chi connectivity index (χ0v) is 23.5. The standard InChI is InChI=1S/C31H27F6N5O3/c32-30(33,34)21-13-18(14-22(15-21)42-29(31(35,36)37)38-39-40-42)17-45-27-23-11-12-41(16-24(23)28(43)44)26(27)25(19-7-3-1-4-8-19)20-9-5-2-6-10-20/h1-10,13-15,23-27H,11-12,16-17H2,(H,43,44)/t23-,24-,26-,27-/m0/s1. The highest BCUT2D eigenvalue weighted by molar-refractivity contribution is 5.71. The molecule has 4 aromatic rings. The Morgan fingerprint density at radius 2 is 1.58 bits per heavy atom. The third-order valence-electron chi connectivity index (χ3n) is 8.57. The van der Waals surface area contributed by atoms with Gasteiger partial charge < -0.3 is 9.84 Å². The van der Waals surface area contributed by atoms with Crippen molar-refractivity contribution in [2.75, 3.05) is 13.1 Å². The Morgan fingerprint density at radius 1 is 0.933 bits per heavy atom. The number of tetrazole rings is 1. The third-order valence-corrected chi connectivity index (χ3v) is 8.57. The number of nitrogens with zero attached hydrogens (tertiary/aromatic N) is 5. The molecule has 0 spiro atoms. The zero-order chi connectivity index (χ0) is 31.9. The van der Waals surface area contributed by atoms with Crippen LogP contribution >= 0.6 is 0 Å². The number of hydrogen-bond acceptors (Lipinski definition) is 6. The second-order valence-electron chi connectivity index (χ2n) is 11.3. The molecule has 14 heteroatoms. The molecule has 0 radical (unpaired) electrons. The van der Waals surface area contributed by atoms with Gasteiger partial charge in [-0.2, -0.15) is 31.0 Å². The van der Waals surface area contributed by atoms with Crippen LogP contribution in [0, 0.1) is 11.8 Å². The maximum atomic E-state index is 13.9. The summed E-state index contributed by atoms with van der Waals surface area (Å²) in [5, 5.41) is 19.3. The number of carboxylic acid groups (broad SMARTS) is 1. The van der Waals surface area contributed by atoms with E-state index >= 15 is 0 Å². The van der Waals surface area contributed by atoms with Gasteiger partial charge in [0, 0.05) is 24.4 Å². The highest BCUT2D eigenvalue weighted by atomic mass is 19.4. The molecule has 3 saturated heterocycles. The number of halogens is 6. The molecule has 3 aliphatic rings. The fourth-order valence-electron chi connectivity index (χ4n) is 6.69. The Hall–Kier alpha value is -4.30. The third kappa shape index (κ3) is 6.16. The van der Waals surface area contributed by atoms with Crippen molar-refractivity contribution in [3.8, 4) is 5.69 Å². The van der Waals surface area contributed by atoms with E-state index in [1.807, 2.05) is 60.7 Å². The number of alkyl halides is 6. The lowest BCUT2D eigenvalue weighted by molar-refractivity contribution is -0.172. The highest BCUT2D eigenvalue weighted by Crippen LogP contribution is 2.46. The van der Waals surface area contributed by atoms with Crippen LogP contribution < -0.4 is 0 Å². The summed E-state index contributed by atoms with van der Waals surface area (Å²) < 4.78 is 88.9. The fraction of sp³-hybridized carbons (Fsp3) is 0.355. The molecular formula is C31H27F6N5O3. The van der Waals surface area contributed by atoms with Crippen LogP contribution in [-0.2, 0) is 28.5 Å². The van der Waals surface area contributed by atoms with Gasteiger partial charge in [-0.3, -0.25) is 9.69 Å². The van der Waals surface area contributed by atoms with Crippen molar-refractivity contribution in [2.45, 2.75) is 43.4 Å². The monoisotopic (exact) mass is 631 g/mol. The number of rotatable bonds is 8. The van der Waals surface area contributed by atoms with E-state index in [2.05, 4.69) is 20.4 Å². The first-order valence-corrected chi connectivity index (χ1v) is 14.2. The lowest BCUT2D eigenvalue weighted by atomic mass is 9.68. The number of benzene rings is 3. The van der Waals surface area contributed by atoms with Gasteiger partial charge in [0.2, 0.25) is 0 Å². The summed E-state index contributed by atoms with van der Waals surface area (Å²) in [6, 6.07) is 21.3. The van der Waals surface area contributed by atoms with Crippen molar-refractivity contribution in [1.29, 1.82) is 0 Å². The number of fused-ring (bicyclic) bond motifs is 3. The second kappa shape index (κ2) is 11.9. The number of hydrogen-bond donors (Lipinski definition) is 1. The molecule has 0 aliphatic carbocycles. The number of ether oxygens (including phenoxy) is 1. The van der Waals surface area contributed by atoms with Crippen molar-refractivity contribution < 1.29 is 41.0 Å². The van der Waals surface area contributed by atoms with E-state index in [1.54, 1.807) is 0 Å². The Kier molecular flexibility index (Phi) is 8.12. The largest absolute Gasteiger partial charge is 0.481 e. The Labute approximate surface area is 253 Å². The molecule has 8 nitrogen and oxygen atoms in total. The summed E-state index contributed by atoms with van der Waals surface area (Å²) in [7, 11) is 0. The van der Waals surface area contributed by atoms with E-state index in [1.165, 1.54) is 0 Å². The molecule has 1 aromatic heterocycles. The van der Waals surface area contributed by atoms with Gasteiger partial charge in [0.1, 0.15) is 0 Å². The molecular weight excluding hydrogens is 604 g/mol. The molecule has 5 atom stereocenters. The summed E-state index contributed by atoms with van der Waals surface area (Å²) in [6.45, 7) is 0.477. The number of carbonyl (C=O) groups is 1. The minimum Gasteiger partial charge on any atom is -0.481 e. The van der Waals surface area contributed by atoms with Gasteiger partial charge in [0.05, 0.1) is 29.9 Å². The van der Waals surface area contributed by atoms with Gasteiger partial charge in [-0.1, -0.05) is 60.7 Å². The molecule has 0 amide bonds. The zero-order valence-electron chi connectivity index (χ0n) is 23.5. The number of piperidine rings is 3. The van der Waals surface area contributed by atoms with Crippen LogP contribution in [0.5, 0.6) is 0 Å². The molecule has 7 rings (SSSR count). The van der Waals surface area contributed by atoms with Crippen molar-refractivity contribution >= 4 is 5.97 Å². The van der Waals surface area contributed by atoms with Gasteiger partial charge >= 0.3 is 18.3 Å². The predicted molar refractivity (Wildman–Crippen MR) is 147 cm³/mol. The molecule has 4 heterocycles. The van der Waals surface area contributed by atoms with Crippen LogP contribution in [0.1, 0.15) is 40.4 Å². The molecule has 2 bridgehead atoms. The van der Waals surface area contributed by atoms with E-state index < -0.39 is 59.9 Å². The van der Waals surface area contributed by atoms with Crippen molar-refractivity contribution in [3.05, 3.63) is 107 Å². The van der Waals surface area contributed by atoms with Crippen LogP contribution in [0.25, 0.3) is 5.69 Å². The van der Waals surface area contributed by atoms with Gasteiger partial charge in [0.25, 0.3) is 5.82 Å². The fourth-order valence-corrected chi connectivity index (χ4v) is 6.69. The van der Waals surface area contributed by atoms with Crippen LogP contribution in [0.2, 0.25) is 0 Å². The number of carboxylic acids is 1. The second-order valence-corrected chi connectivity index (χ2v) is 11.3. The first kappa shape index (κ1) is 30.7. The maximum absolute atomic E-state index is 13.9. The number of aliphatic carboxylic acids is 1. The predicted octanol–water partition coefficient (Wildman–Crippen LogP) is 5.82. The van der Waals surface area contributed by atoms with Gasteiger partial charge in [0.15, 0.2) is 0 Å². The average molecular weight is 632 g/mol. The van der Waals surface area contributed by atoms with Crippen LogP contribution in [-0.4, -0.2) is 61.4 Å².